The Kier molecular flexibility index (Phi) is 7.82. The number of aromatic nitrogens is 1. The minimum Gasteiger partial charge on any atom is -0.298 e. The summed E-state index contributed by atoms with van der Waals surface area (Å²) in [6.45, 7) is 9.36. The highest BCUT2D eigenvalue weighted by atomic mass is 32.2. The van der Waals surface area contributed by atoms with Crippen molar-refractivity contribution in [1.29, 1.82) is 0 Å². The summed E-state index contributed by atoms with van der Waals surface area (Å²) in [6, 6.07) is 25.0. The fourth-order valence-electron chi connectivity index (χ4n) is 7.25. The van der Waals surface area contributed by atoms with Gasteiger partial charge in [-0.05, 0) is 71.9 Å². The first-order chi connectivity index (χ1) is 20.5. The molecule has 2 unspecified atom stereocenters. The van der Waals surface area contributed by atoms with Gasteiger partial charge in [0.1, 0.15) is 0 Å². The largest absolute Gasteiger partial charge is 0.298 e. The summed E-state index contributed by atoms with van der Waals surface area (Å²) in [5.74, 6) is -0.307. The number of anilines is 1. The summed E-state index contributed by atoms with van der Waals surface area (Å²) in [4.78, 5) is 19.4. The Morgan fingerprint density at radius 1 is 0.930 bits per heavy atom. The van der Waals surface area contributed by atoms with E-state index in [9.17, 15) is 13.2 Å². The normalized spacial score (nSPS) is 21.5. The average molecular weight is 614 g/mol. The average Bonchev–Trinajstić information content (AvgIpc) is 3.49. The number of carbonyl (C=O) groups excluding carboxylic acids is 1. The molecular weight excluding hydrogens is 575 g/mol. The zero-order chi connectivity index (χ0) is 30.4. The van der Waals surface area contributed by atoms with Crippen molar-refractivity contribution in [3.05, 3.63) is 89.3 Å². The third kappa shape index (κ3) is 6.06. The van der Waals surface area contributed by atoms with Gasteiger partial charge in [0.25, 0.3) is 5.91 Å². The van der Waals surface area contributed by atoms with E-state index in [2.05, 4.69) is 69.4 Å². The van der Waals surface area contributed by atoms with E-state index in [0.29, 0.717) is 17.2 Å². The van der Waals surface area contributed by atoms with Gasteiger partial charge in [0, 0.05) is 28.6 Å². The maximum absolute atomic E-state index is 13.7. The van der Waals surface area contributed by atoms with Crippen LogP contribution in [-0.2, 0) is 16.4 Å². The highest BCUT2D eigenvalue weighted by Crippen LogP contribution is 2.53. The van der Waals surface area contributed by atoms with Gasteiger partial charge in [-0.3, -0.25) is 10.1 Å². The third-order valence-corrected chi connectivity index (χ3v) is 11.7. The lowest BCUT2D eigenvalue weighted by Gasteiger charge is -2.39. The van der Waals surface area contributed by atoms with Crippen LogP contribution >= 0.6 is 11.3 Å². The number of benzene rings is 3. The third-order valence-electron chi connectivity index (χ3n) is 8.75. The molecule has 1 aliphatic heterocycles. The number of sulfonamides is 1. The molecule has 3 aromatic carbocycles. The molecule has 6 rings (SSSR count). The van der Waals surface area contributed by atoms with Gasteiger partial charge >= 0.3 is 0 Å². The molecule has 1 saturated carbocycles. The van der Waals surface area contributed by atoms with E-state index >= 15 is 0 Å². The van der Waals surface area contributed by atoms with Crippen LogP contribution in [0.15, 0.2) is 83.8 Å². The molecule has 4 aromatic rings. The molecule has 0 spiro atoms. The van der Waals surface area contributed by atoms with Crippen LogP contribution < -0.4 is 5.32 Å². The van der Waals surface area contributed by atoms with Crippen LogP contribution in [0.3, 0.4) is 0 Å². The Morgan fingerprint density at radius 3 is 2.26 bits per heavy atom. The molecule has 1 amide bonds. The standard InChI is InChI=1S/C35H39N3O3S2/c1-5-9-30-31(26-14-12-25(13-15-26)24-10-7-6-8-11-24)36-33(42-30)37-32(39)27-16-18-29(19-17-27)43(40,41)38-23-35(4)21-28(38)20-34(2,3)22-35/h6-8,10-19,28H,5,9,20-23H2,1-4H3,(H,36,37,39). The first-order valence-corrected chi connectivity index (χ1v) is 17.3. The van der Waals surface area contributed by atoms with Crippen LogP contribution in [0.5, 0.6) is 0 Å². The van der Waals surface area contributed by atoms with Crippen LogP contribution in [0.4, 0.5) is 5.13 Å². The Hall–Kier alpha value is -3.33. The maximum Gasteiger partial charge on any atom is 0.257 e. The van der Waals surface area contributed by atoms with Crippen LogP contribution in [0.2, 0.25) is 0 Å². The summed E-state index contributed by atoms with van der Waals surface area (Å²) in [7, 11) is -3.65. The van der Waals surface area contributed by atoms with Gasteiger partial charge in [-0.2, -0.15) is 4.31 Å². The molecule has 2 fully saturated rings. The van der Waals surface area contributed by atoms with Gasteiger partial charge in [-0.25, -0.2) is 13.4 Å². The molecule has 2 bridgehead atoms. The predicted molar refractivity (Wildman–Crippen MR) is 175 cm³/mol. The molecular formula is C35H39N3O3S2. The van der Waals surface area contributed by atoms with Crippen molar-refractivity contribution in [3.8, 4) is 22.4 Å². The molecule has 1 N–H and O–H groups in total. The van der Waals surface area contributed by atoms with Crippen LogP contribution in [0, 0.1) is 10.8 Å². The monoisotopic (exact) mass is 613 g/mol. The second kappa shape index (κ2) is 11.3. The Balaban J connectivity index is 1.18. The quantitative estimate of drug-likeness (QED) is 0.217. The van der Waals surface area contributed by atoms with Crippen LogP contribution in [0.25, 0.3) is 22.4 Å². The van der Waals surface area contributed by atoms with Gasteiger partial charge in [0.05, 0.1) is 10.6 Å². The van der Waals surface area contributed by atoms with Crippen molar-refractivity contribution in [2.75, 3.05) is 11.9 Å². The highest BCUT2D eigenvalue weighted by Gasteiger charge is 2.53. The van der Waals surface area contributed by atoms with Gasteiger partial charge in [0.15, 0.2) is 5.13 Å². The number of aryl methyl sites for hydroxylation is 1. The summed E-state index contributed by atoms with van der Waals surface area (Å²) >= 11 is 1.49. The summed E-state index contributed by atoms with van der Waals surface area (Å²) in [6.07, 6.45) is 4.64. The number of rotatable bonds is 8. The lowest BCUT2D eigenvalue weighted by atomic mass is 9.65. The highest BCUT2D eigenvalue weighted by molar-refractivity contribution is 7.89. The van der Waals surface area contributed by atoms with Crippen molar-refractivity contribution in [2.45, 2.75) is 70.7 Å². The van der Waals surface area contributed by atoms with E-state index < -0.39 is 10.0 Å². The smallest absolute Gasteiger partial charge is 0.257 e. The minimum atomic E-state index is -3.65. The number of fused-ring (bicyclic) bond motifs is 2. The van der Waals surface area contributed by atoms with Crippen molar-refractivity contribution < 1.29 is 13.2 Å². The SMILES string of the molecule is CCCc1sc(NC(=O)c2ccc(S(=O)(=O)N3CC4(C)CC3CC(C)(C)C4)cc2)nc1-c1ccc(-c2ccccc2)cc1. The molecule has 1 saturated heterocycles. The molecule has 43 heavy (non-hydrogen) atoms. The van der Waals surface area contributed by atoms with Crippen LogP contribution in [-0.4, -0.2) is 36.2 Å². The summed E-state index contributed by atoms with van der Waals surface area (Å²) < 4.78 is 29.0. The maximum atomic E-state index is 13.7. The van der Waals surface area contributed by atoms with Gasteiger partial charge in [0.2, 0.25) is 10.0 Å². The van der Waals surface area contributed by atoms with Crippen LogP contribution in [0.1, 0.15) is 68.6 Å². The first kappa shape index (κ1) is 29.7. The predicted octanol–water partition coefficient (Wildman–Crippen LogP) is 8.27. The number of amides is 1. The summed E-state index contributed by atoms with van der Waals surface area (Å²) in [5.41, 5.74) is 4.73. The van der Waals surface area contributed by atoms with E-state index in [0.717, 1.165) is 59.4 Å². The topological polar surface area (TPSA) is 79.4 Å². The van der Waals surface area contributed by atoms with Gasteiger partial charge < -0.3 is 0 Å². The zero-order valence-electron chi connectivity index (χ0n) is 25.3. The summed E-state index contributed by atoms with van der Waals surface area (Å²) in [5, 5.41) is 3.49. The molecule has 1 aliphatic carbocycles. The van der Waals surface area contributed by atoms with Gasteiger partial charge in [-0.15, -0.1) is 11.3 Å². The lowest BCUT2D eigenvalue weighted by Crippen LogP contribution is -2.37. The molecule has 2 aliphatic rings. The van der Waals surface area contributed by atoms with E-state index in [1.807, 2.05) is 18.2 Å². The molecule has 6 nitrogen and oxygen atoms in total. The van der Waals surface area contributed by atoms with Crippen molar-refractivity contribution in [1.82, 2.24) is 9.29 Å². The molecule has 2 atom stereocenters. The van der Waals surface area contributed by atoms with E-state index in [1.54, 1.807) is 28.6 Å². The molecule has 0 radical (unpaired) electrons. The number of thiazole rings is 1. The number of nitrogens with zero attached hydrogens (tertiary/aromatic N) is 2. The molecule has 2 heterocycles. The first-order valence-electron chi connectivity index (χ1n) is 15.1. The van der Waals surface area contributed by atoms with E-state index in [4.69, 9.17) is 4.98 Å². The Labute approximate surface area is 259 Å². The minimum absolute atomic E-state index is 0.00639. The lowest BCUT2D eigenvalue weighted by molar-refractivity contribution is 0.102. The van der Waals surface area contributed by atoms with Crippen molar-refractivity contribution >= 4 is 32.4 Å². The second-order valence-electron chi connectivity index (χ2n) is 13.2. The second-order valence-corrected chi connectivity index (χ2v) is 16.2. The number of nitrogens with one attached hydrogen (secondary N) is 1. The molecule has 224 valence electrons. The van der Waals surface area contributed by atoms with Gasteiger partial charge in [-0.1, -0.05) is 88.7 Å². The van der Waals surface area contributed by atoms with Crippen molar-refractivity contribution in [3.63, 3.8) is 0 Å². The van der Waals surface area contributed by atoms with E-state index in [-0.39, 0.29) is 27.7 Å². The van der Waals surface area contributed by atoms with E-state index in [1.165, 1.54) is 11.3 Å². The molecule has 8 heteroatoms. The Morgan fingerprint density at radius 2 is 1.58 bits per heavy atom. The zero-order valence-corrected chi connectivity index (χ0v) is 26.9. The number of hydrogen-bond acceptors (Lipinski definition) is 5. The Bertz CT molecular complexity index is 1730. The fraction of sp³-hybridized carbons (Fsp3) is 0.371. The number of hydrogen-bond donors (Lipinski definition) is 1. The fourth-order valence-corrected chi connectivity index (χ4v) is 10.1. The van der Waals surface area contributed by atoms with Crippen molar-refractivity contribution in [2.24, 2.45) is 10.8 Å². The number of carbonyl (C=O) groups is 1. The molecule has 1 aromatic heterocycles.